The van der Waals surface area contributed by atoms with Crippen LogP contribution in [0.15, 0.2) is 66.7 Å². The molecule has 1 N–H and O–H groups in total. The lowest BCUT2D eigenvalue weighted by Gasteiger charge is -2.31. The molecule has 0 aliphatic carbocycles. The van der Waals surface area contributed by atoms with Crippen LogP contribution in [-0.2, 0) is 17.9 Å². The van der Waals surface area contributed by atoms with Crippen LogP contribution in [-0.4, -0.2) is 34.3 Å². The third kappa shape index (κ3) is 7.19. The van der Waals surface area contributed by atoms with Gasteiger partial charge < -0.3 is 15.1 Å². The molecule has 0 fully saturated rings. The van der Waals surface area contributed by atoms with Crippen molar-refractivity contribution in [2.24, 2.45) is 0 Å². The van der Waals surface area contributed by atoms with Gasteiger partial charge in [-0.3, -0.25) is 4.79 Å². The van der Waals surface area contributed by atoms with E-state index in [9.17, 15) is 9.59 Å². The molecule has 3 rings (SSSR count). The molecule has 0 radical (unpaired) electrons. The minimum Gasteiger partial charge on any atom is -0.332 e. The summed E-state index contributed by atoms with van der Waals surface area (Å²) >= 11 is 1.70. The monoisotopic (exact) mass is 463 g/mol. The first-order chi connectivity index (χ1) is 15.9. The second kappa shape index (κ2) is 11.7. The number of thiophene rings is 1. The van der Waals surface area contributed by atoms with Crippen LogP contribution >= 0.6 is 11.3 Å². The number of carbonyl (C=O) groups is 2. The second-order valence-corrected chi connectivity index (χ2v) is 9.81. The van der Waals surface area contributed by atoms with Crippen molar-refractivity contribution in [3.8, 4) is 0 Å². The Kier molecular flexibility index (Phi) is 8.66. The van der Waals surface area contributed by atoms with Gasteiger partial charge in [-0.15, -0.1) is 11.3 Å². The fourth-order valence-electron chi connectivity index (χ4n) is 3.61. The third-order valence-corrected chi connectivity index (χ3v) is 6.66. The molecular formula is C27H33N3O2S. The molecule has 0 saturated carbocycles. The molecule has 33 heavy (non-hydrogen) atoms. The van der Waals surface area contributed by atoms with Gasteiger partial charge in [0.15, 0.2) is 0 Å². The molecule has 174 valence electrons. The first-order valence-corrected chi connectivity index (χ1v) is 12.2. The van der Waals surface area contributed by atoms with E-state index in [4.69, 9.17) is 0 Å². The summed E-state index contributed by atoms with van der Waals surface area (Å²) < 4.78 is 0. The maximum Gasteiger partial charge on any atom is 0.322 e. The molecule has 6 heteroatoms. The van der Waals surface area contributed by atoms with Crippen molar-refractivity contribution in [3.63, 3.8) is 0 Å². The van der Waals surface area contributed by atoms with Gasteiger partial charge in [-0.2, -0.15) is 0 Å². The van der Waals surface area contributed by atoms with Crippen molar-refractivity contribution in [3.05, 3.63) is 87.6 Å². The molecule has 5 nitrogen and oxygen atoms in total. The zero-order chi connectivity index (χ0) is 23.8. The summed E-state index contributed by atoms with van der Waals surface area (Å²) in [5.74, 6) is -0.0652. The topological polar surface area (TPSA) is 52.7 Å². The molecule has 3 aromatic rings. The molecule has 0 aliphatic rings. The van der Waals surface area contributed by atoms with Gasteiger partial charge in [0.1, 0.15) is 6.54 Å². The Hall–Kier alpha value is -3.12. The highest BCUT2D eigenvalue weighted by molar-refractivity contribution is 7.11. The maximum atomic E-state index is 13.5. The van der Waals surface area contributed by atoms with Crippen LogP contribution in [0.2, 0.25) is 0 Å². The highest BCUT2D eigenvalue weighted by atomic mass is 32.1. The van der Waals surface area contributed by atoms with E-state index in [1.54, 1.807) is 16.2 Å². The Morgan fingerprint density at radius 1 is 0.970 bits per heavy atom. The Morgan fingerprint density at radius 3 is 2.36 bits per heavy atom. The number of hydrogen-bond acceptors (Lipinski definition) is 3. The summed E-state index contributed by atoms with van der Waals surface area (Å²) in [6.07, 6.45) is 0.761. The number of benzene rings is 2. The largest absolute Gasteiger partial charge is 0.332 e. The van der Waals surface area contributed by atoms with Crippen LogP contribution in [0.5, 0.6) is 0 Å². The Morgan fingerprint density at radius 2 is 1.73 bits per heavy atom. The first kappa shape index (κ1) is 24.5. The number of carbonyl (C=O) groups excluding carboxylic acids is 2. The van der Waals surface area contributed by atoms with E-state index in [0.717, 1.165) is 28.1 Å². The summed E-state index contributed by atoms with van der Waals surface area (Å²) in [5.41, 5.74) is 2.87. The zero-order valence-electron chi connectivity index (χ0n) is 19.9. The van der Waals surface area contributed by atoms with E-state index < -0.39 is 0 Å². The van der Waals surface area contributed by atoms with Gasteiger partial charge in [-0.05, 0) is 62.6 Å². The van der Waals surface area contributed by atoms with Crippen molar-refractivity contribution in [2.45, 2.75) is 53.2 Å². The highest BCUT2D eigenvalue weighted by Crippen LogP contribution is 2.20. The zero-order valence-corrected chi connectivity index (χ0v) is 20.7. The lowest BCUT2D eigenvalue weighted by molar-refractivity contribution is -0.133. The van der Waals surface area contributed by atoms with Crippen LogP contribution in [0, 0.1) is 13.8 Å². The Bertz CT molecular complexity index is 1060. The third-order valence-electron chi connectivity index (χ3n) is 5.67. The number of nitrogens with one attached hydrogen (secondary N) is 1. The van der Waals surface area contributed by atoms with Crippen molar-refractivity contribution in [1.82, 2.24) is 9.80 Å². The van der Waals surface area contributed by atoms with Gasteiger partial charge in [-0.25, -0.2) is 4.79 Å². The van der Waals surface area contributed by atoms with E-state index in [1.807, 2.05) is 80.3 Å². The van der Waals surface area contributed by atoms with Crippen molar-refractivity contribution < 1.29 is 9.59 Å². The van der Waals surface area contributed by atoms with Crippen LogP contribution in [0.1, 0.15) is 41.1 Å². The fourth-order valence-corrected chi connectivity index (χ4v) is 4.51. The van der Waals surface area contributed by atoms with E-state index in [0.29, 0.717) is 13.1 Å². The first-order valence-electron chi connectivity index (χ1n) is 11.4. The fraction of sp³-hybridized carbons (Fsp3) is 0.333. The molecule has 1 unspecified atom stereocenters. The lowest BCUT2D eigenvalue weighted by Crippen LogP contribution is -2.47. The number of hydrogen-bond donors (Lipinski definition) is 1. The summed E-state index contributed by atoms with van der Waals surface area (Å²) in [6.45, 7) is 9.12. The van der Waals surface area contributed by atoms with Crippen molar-refractivity contribution >= 4 is 29.0 Å². The van der Waals surface area contributed by atoms with Crippen LogP contribution in [0.4, 0.5) is 10.5 Å². The van der Waals surface area contributed by atoms with E-state index in [1.165, 1.54) is 4.88 Å². The molecule has 1 aromatic heterocycles. The predicted molar refractivity (Wildman–Crippen MR) is 136 cm³/mol. The van der Waals surface area contributed by atoms with E-state index in [2.05, 4.69) is 24.4 Å². The van der Waals surface area contributed by atoms with Gasteiger partial charge in [0, 0.05) is 28.0 Å². The van der Waals surface area contributed by atoms with Crippen LogP contribution in [0.3, 0.4) is 0 Å². The van der Waals surface area contributed by atoms with Gasteiger partial charge in [-0.1, -0.05) is 49.4 Å². The summed E-state index contributed by atoms with van der Waals surface area (Å²) in [4.78, 5) is 32.5. The molecule has 0 bridgehead atoms. The van der Waals surface area contributed by atoms with E-state index >= 15 is 0 Å². The molecular weight excluding hydrogens is 430 g/mol. The molecule has 0 aliphatic heterocycles. The molecule has 0 saturated heterocycles. The number of amides is 3. The Labute approximate surface area is 201 Å². The molecule has 2 aromatic carbocycles. The number of aryl methyl sites for hydroxylation is 2. The second-order valence-electron chi connectivity index (χ2n) is 8.43. The normalized spacial score (nSPS) is 11.6. The highest BCUT2D eigenvalue weighted by Gasteiger charge is 2.25. The maximum absolute atomic E-state index is 13.5. The quantitative estimate of drug-likeness (QED) is 0.409. The van der Waals surface area contributed by atoms with Crippen molar-refractivity contribution in [1.29, 1.82) is 0 Å². The van der Waals surface area contributed by atoms with Crippen molar-refractivity contribution in [2.75, 3.05) is 11.9 Å². The number of urea groups is 1. The lowest BCUT2D eigenvalue weighted by atomic mass is 10.2. The molecule has 0 spiro atoms. The Balaban J connectivity index is 1.78. The molecule has 1 heterocycles. The summed E-state index contributed by atoms with van der Waals surface area (Å²) in [5, 5.41) is 2.96. The van der Waals surface area contributed by atoms with Gasteiger partial charge >= 0.3 is 6.03 Å². The van der Waals surface area contributed by atoms with E-state index in [-0.39, 0.29) is 24.5 Å². The minimum absolute atomic E-state index is 0.0316. The summed E-state index contributed by atoms with van der Waals surface area (Å²) in [6, 6.07) is 21.5. The van der Waals surface area contributed by atoms with Gasteiger partial charge in [0.2, 0.25) is 5.91 Å². The number of anilines is 1. The average Bonchev–Trinajstić information content (AvgIpc) is 3.21. The van der Waals surface area contributed by atoms with Crippen LogP contribution in [0.25, 0.3) is 0 Å². The summed E-state index contributed by atoms with van der Waals surface area (Å²) in [7, 11) is 0. The smallest absolute Gasteiger partial charge is 0.322 e. The standard InChI is InChI=1S/C27H33N3O2S/c1-5-21(3)30(27(32)28-24-13-9-10-20(2)16-24)19-26(31)29(17-23-11-7-6-8-12-23)18-25-15-14-22(4)33-25/h6-16,21H,5,17-19H2,1-4H3,(H,28,32). The number of rotatable bonds is 9. The predicted octanol–water partition coefficient (Wildman–Crippen LogP) is 6.23. The molecule has 1 atom stereocenters. The number of nitrogens with zero attached hydrogens (tertiary/aromatic N) is 2. The minimum atomic E-state index is -0.255. The average molecular weight is 464 g/mol. The molecule has 3 amide bonds. The van der Waals surface area contributed by atoms with Gasteiger partial charge in [0.25, 0.3) is 0 Å². The SMILES string of the molecule is CCC(C)N(CC(=O)N(Cc1ccccc1)Cc1ccc(C)s1)C(=O)Nc1cccc(C)c1. The van der Waals surface area contributed by atoms with Gasteiger partial charge in [0.05, 0.1) is 6.54 Å². The van der Waals surface area contributed by atoms with Crippen LogP contribution < -0.4 is 5.32 Å².